The van der Waals surface area contributed by atoms with Crippen molar-refractivity contribution in [3.05, 3.63) is 70.2 Å². The van der Waals surface area contributed by atoms with Gasteiger partial charge in [-0.2, -0.15) is 0 Å². The first kappa shape index (κ1) is 20.0. The summed E-state index contributed by atoms with van der Waals surface area (Å²) in [6.45, 7) is 4.84. The van der Waals surface area contributed by atoms with Crippen molar-refractivity contribution in [1.29, 1.82) is 0 Å². The SMILES string of the molecule is O=C1c2ccccc2C(=O)N1CC(O)CN1CCN(Cc2ccc(Cl)cc2)CC1. The Morgan fingerprint density at radius 3 is 1.97 bits per heavy atom. The van der Waals surface area contributed by atoms with Crippen LogP contribution < -0.4 is 0 Å². The van der Waals surface area contributed by atoms with Gasteiger partial charge in [-0.05, 0) is 29.8 Å². The number of carbonyl (C=O) groups is 2. The molecule has 0 radical (unpaired) electrons. The summed E-state index contributed by atoms with van der Waals surface area (Å²) in [5.74, 6) is -0.644. The molecule has 1 unspecified atom stereocenters. The highest BCUT2D eigenvalue weighted by atomic mass is 35.5. The fraction of sp³-hybridized carbons (Fsp3) is 0.364. The lowest BCUT2D eigenvalue weighted by molar-refractivity contribution is 0.0393. The summed E-state index contributed by atoms with van der Waals surface area (Å²) in [6.07, 6.45) is -0.764. The lowest BCUT2D eigenvalue weighted by Crippen LogP contribution is -2.50. The molecular formula is C22H24ClN3O3. The summed E-state index contributed by atoms with van der Waals surface area (Å²) in [5, 5.41) is 11.2. The normalized spacial score (nSPS) is 18.9. The highest BCUT2D eigenvalue weighted by molar-refractivity contribution is 6.30. The van der Waals surface area contributed by atoms with Gasteiger partial charge in [-0.3, -0.25) is 24.3 Å². The van der Waals surface area contributed by atoms with E-state index in [1.54, 1.807) is 24.3 Å². The zero-order valence-electron chi connectivity index (χ0n) is 16.1. The number of halogens is 1. The number of benzene rings is 2. The van der Waals surface area contributed by atoms with E-state index in [1.165, 1.54) is 5.56 Å². The minimum Gasteiger partial charge on any atom is -0.390 e. The van der Waals surface area contributed by atoms with Crippen LogP contribution in [0.5, 0.6) is 0 Å². The first-order valence-corrected chi connectivity index (χ1v) is 10.2. The van der Waals surface area contributed by atoms with Gasteiger partial charge in [0.1, 0.15) is 0 Å². The second kappa shape index (κ2) is 8.63. The second-order valence-electron chi connectivity index (χ2n) is 7.62. The Bertz CT molecular complexity index is 859. The number of hydrogen-bond donors (Lipinski definition) is 1. The predicted octanol–water partition coefficient (Wildman–Crippen LogP) is 2.11. The number of fused-ring (bicyclic) bond motifs is 1. The first-order valence-electron chi connectivity index (χ1n) is 9.84. The van der Waals surface area contributed by atoms with E-state index in [-0.39, 0.29) is 18.4 Å². The van der Waals surface area contributed by atoms with Crippen molar-refractivity contribution >= 4 is 23.4 Å². The molecule has 1 atom stereocenters. The standard InChI is InChI=1S/C22H24ClN3O3/c23-17-7-5-16(6-8-17)13-24-9-11-25(12-10-24)14-18(27)15-26-21(28)19-3-1-2-4-20(19)22(26)29/h1-8,18,27H,9-15H2. The van der Waals surface area contributed by atoms with E-state index in [4.69, 9.17) is 11.6 Å². The van der Waals surface area contributed by atoms with Crippen LogP contribution in [0.15, 0.2) is 48.5 Å². The molecule has 0 saturated carbocycles. The highest BCUT2D eigenvalue weighted by Crippen LogP contribution is 2.22. The number of aliphatic hydroxyl groups is 1. The van der Waals surface area contributed by atoms with Crippen LogP contribution in [0.1, 0.15) is 26.3 Å². The van der Waals surface area contributed by atoms with Gasteiger partial charge in [-0.1, -0.05) is 35.9 Å². The lowest BCUT2D eigenvalue weighted by atomic mass is 10.1. The third kappa shape index (κ3) is 4.51. The number of imide groups is 1. The molecule has 29 heavy (non-hydrogen) atoms. The molecule has 2 aromatic rings. The maximum atomic E-state index is 12.4. The Morgan fingerprint density at radius 1 is 0.828 bits per heavy atom. The summed E-state index contributed by atoms with van der Waals surface area (Å²) in [6, 6.07) is 14.7. The Kier molecular flexibility index (Phi) is 5.96. The topological polar surface area (TPSA) is 64.1 Å². The van der Waals surface area contributed by atoms with E-state index >= 15 is 0 Å². The third-order valence-electron chi connectivity index (χ3n) is 5.52. The van der Waals surface area contributed by atoms with Gasteiger partial charge in [0.2, 0.25) is 0 Å². The number of amides is 2. The van der Waals surface area contributed by atoms with Gasteiger partial charge in [0.05, 0.1) is 23.8 Å². The van der Waals surface area contributed by atoms with Gasteiger partial charge < -0.3 is 5.11 Å². The summed E-state index contributed by atoms with van der Waals surface area (Å²) < 4.78 is 0. The number of piperazine rings is 1. The van der Waals surface area contributed by atoms with Crippen LogP contribution in [0.2, 0.25) is 5.02 Å². The summed E-state index contributed by atoms with van der Waals surface area (Å²) in [5.41, 5.74) is 2.06. The maximum Gasteiger partial charge on any atom is 0.261 e. The quantitative estimate of drug-likeness (QED) is 0.735. The van der Waals surface area contributed by atoms with E-state index in [0.717, 1.165) is 42.6 Å². The average Bonchev–Trinajstić information content (AvgIpc) is 2.96. The molecule has 0 aromatic heterocycles. The fourth-order valence-corrected chi connectivity index (χ4v) is 4.08. The zero-order valence-corrected chi connectivity index (χ0v) is 16.9. The minimum absolute atomic E-state index is 0.0251. The molecule has 4 rings (SSSR count). The molecule has 0 aliphatic carbocycles. The van der Waals surface area contributed by atoms with Crippen molar-refractivity contribution in [2.75, 3.05) is 39.3 Å². The Labute approximate surface area is 175 Å². The van der Waals surface area contributed by atoms with Crippen LogP contribution in [0.3, 0.4) is 0 Å². The van der Waals surface area contributed by atoms with E-state index in [2.05, 4.69) is 9.80 Å². The van der Waals surface area contributed by atoms with Crippen LogP contribution in [-0.2, 0) is 6.54 Å². The zero-order chi connectivity index (χ0) is 20.4. The molecule has 2 heterocycles. The largest absolute Gasteiger partial charge is 0.390 e. The van der Waals surface area contributed by atoms with Crippen LogP contribution in [-0.4, -0.2) is 77.0 Å². The monoisotopic (exact) mass is 413 g/mol. The Balaban J connectivity index is 1.25. The van der Waals surface area contributed by atoms with Crippen LogP contribution >= 0.6 is 11.6 Å². The summed E-state index contributed by atoms with van der Waals surface area (Å²) >= 11 is 5.94. The first-order chi connectivity index (χ1) is 14.0. The van der Waals surface area contributed by atoms with Crippen molar-refractivity contribution in [1.82, 2.24) is 14.7 Å². The highest BCUT2D eigenvalue weighted by Gasteiger charge is 2.36. The molecule has 0 bridgehead atoms. The Hall–Kier alpha value is -2.25. The molecule has 0 spiro atoms. The molecule has 2 amide bonds. The second-order valence-corrected chi connectivity index (χ2v) is 8.06. The molecular weight excluding hydrogens is 390 g/mol. The summed E-state index contributed by atoms with van der Waals surface area (Å²) in [7, 11) is 0. The maximum absolute atomic E-state index is 12.4. The molecule has 1 saturated heterocycles. The number of rotatable bonds is 6. The Morgan fingerprint density at radius 2 is 1.38 bits per heavy atom. The van der Waals surface area contributed by atoms with Crippen molar-refractivity contribution in [2.45, 2.75) is 12.6 Å². The molecule has 2 aliphatic rings. The van der Waals surface area contributed by atoms with Gasteiger partial charge in [0.15, 0.2) is 0 Å². The van der Waals surface area contributed by atoms with Gasteiger partial charge >= 0.3 is 0 Å². The predicted molar refractivity (Wildman–Crippen MR) is 111 cm³/mol. The van der Waals surface area contributed by atoms with Crippen molar-refractivity contribution < 1.29 is 14.7 Å². The molecule has 2 aromatic carbocycles. The van der Waals surface area contributed by atoms with Crippen LogP contribution in [0, 0.1) is 0 Å². The summed E-state index contributed by atoms with van der Waals surface area (Å²) in [4.78, 5) is 30.6. The number of nitrogens with zero attached hydrogens (tertiary/aromatic N) is 3. The number of aliphatic hydroxyl groups excluding tert-OH is 1. The van der Waals surface area contributed by atoms with Gasteiger partial charge in [0, 0.05) is 44.3 Å². The van der Waals surface area contributed by atoms with E-state index in [0.29, 0.717) is 17.7 Å². The molecule has 7 heteroatoms. The number of hydrogen-bond acceptors (Lipinski definition) is 5. The van der Waals surface area contributed by atoms with Crippen molar-refractivity contribution in [3.8, 4) is 0 Å². The van der Waals surface area contributed by atoms with Crippen LogP contribution in [0.25, 0.3) is 0 Å². The van der Waals surface area contributed by atoms with Crippen LogP contribution in [0.4, 0.5) is 0 Å². The third-order valence-corrected chi connectivity index (χ3v) is 5.78. The van der Waals surface area contributed by atoms with E-state index < -0.39 is 6.10 Å². The average molecular weight is 414 g/mol. The van der Waals surface area contributed by atoms with E-state index in [1.807, 2.05) is 24.3 Å². The molecule has 6 nitrogen and oxygen atoms in total. The lowest BCUT2D eigenvalue weighted by Gasteiger charge is -2.36. The van der Waals surface area contributed by atoms with Crippen molar-refractivity contribution in [3.63, 3.8) is 0 Å². The van der Waals surface area contributed by atoms with Crippen molar-refractivity contribution in [2.24, 2.45) is 0 Å². The van der Waals surface area contributed by atoms with Gasteiger partial charge in [-0.15, -0.1) is 0 Å². The number of carbonyl (C=O) groups excluding carboxylic acids is 2. The minimum atomic E-state index is -0.764. The molecule has 1 fully saturated rings. The molecule has 152 valence electrons. The smallest absolute Gasteiger partial charge is 0.261 e. The molecule has 1 N–H and O–H groups in total. The van der Waals surface area contributed by atoms with E-state index in [9.17, 15) is 14.7 Å². The van der Waals surface area contributed by atoms with Gasteiger partial charge in [0.25, 0.3) is 11.8 Å². The van der Waals surface area contributed by atoms with Gasteiger partial charge in [-0.25, -0.2) is 0 Å². The number of β-amino-alcohol motifs (C(OH)–C–C–N with tert-alkyl or cyclic N) is 1. The fourth-order valence-electron chi connectivity index (χ4n) is 3.95. The molecule has 2 aliphatic heterocycles.